The summed E-state index contributed by atoms with van der Waals surface area (Å²) in [5.74, 6) is 1.17. The van der Waals surface area contributed by atoms with Crippen molar-refractivity contribution >= 4 is 0 Å². The van der Waals surface area contributed by atoms with Crippen molar-refractivity contribution in [3.8, 4) is 5.88 Å². The normalized spacial score (nSPS) is 22.4. The van der Waals surface area contributed by atoms with E-state index in [1.165, 1.54) is 12.0 Å². The van der Waals surface area contributed by atoms with E-state index in [0.29, 0.717) is 17.8 Å². The first-order chi connectivity index (χ1) is 10.3. The second-order valence-electron chi connectivity index (χ2n) is 5.58. The van der Waals surface area contributed by atoms with Gasteiger partial charge in [0.05, 0.1) is 12.8 Å². The van der Waals surface area contributed by atoms with Gasteiger partial charge in [-0.3, -0.25) is 4.90 Å². The third-order valence-corrected chi connectivity index (χ3v) is 4.38. The van der Waals surface area contributed by atoms with Gasteiger partial charge in [-0.25, -0.2) is 0 Å². The Morgan fingerprint density at radius 3 is 2.62 bits per heavy atom. The molecule has 0 bridgehead atoms. The van der Waals surface area contributed by atoms with Gasteiger partial charge in [0.1, 0.15) is 0 Å². The van der Waals surface area contributed by atoms with E-state index in [1.54, 1.807) is 7.11 Å². The zero-order valence-electron chi connectivity index (χ0n) is 12.6. The first kappa shape index (κ1) is 14.0. The Morgan fingerprint density at radius 1 is 1.14 bits per heavy atom. The molecule has 0 radical (unpaired) electrons. The van der Waals surface area contributed by atoms with Gasteiger partial charge in [0.15, 0.2) is 0 Å². The van der Waals surface area contributed by atoms with Gasteiger partial charge < -0.3 is 4.74 Å². The smallest absolute Gasteiger partial charge is 0.233 e. The Kier molecular flexibility index (Phi) is 4.15. The summed E-state index contributed by atoms with van der Waals surface area (Å²) in [5.41, 5.74) is 2.43. The molecule has 1 aliphatic heterocycles. The van der Waals surface area contributed by atoms with Gasteiger partial charge in [0, 0.05) is 24.6 Å². The predicted molar refractivity (Wildman–Crippen MR) is 82.3 cm³/mol. The molecule has 1 aromatic carbocycles. The summed E-state index contributed by atoms with van der Waals surface area (Å²) in [6, 6.07) is 15.2. The molecule has 2 aromatic rings. The number of ether oxygens (including phenoxy) is 1. The molecule has 4 heteroatoms. The van der Waals surface area contributed by atoms with Gasteiger partial charge in [-0.05, 0) is 31.5 Å². The molecule has 0 unspecified atom stereocenters. The van der Waals surface area contributed by atoms with Crippen LogP contribution in [0.25, 0.3) is 0 Å². The fraction of sp³-hybridized carbons (Fsp3) is 0.412. The minimum atomic E-state index is 0.524. The molecular weight excluding hydrogens is 262 g/mol. The molecule has 0 N–H and O–H groups in total. The van der Waals surface area contributed by atoms with Crippen molar-refractivity contribution in [2.45, 2.75) is 31.8 Å². The Hall–Kier alpha value is -1.94. The standard InChI is InChI=1S/C17H21N3O/c1-13-16(14-6-4-3-5-7-14)10-11-20(13)12-15-8-9-17(21-2)19-18-15/h3-9,13,16H,10-12H2,1-2H3/t13-,16+/m0/s1. The first-order valence-corrected chi connectivity index (χ1v) is 7.43. The van der Waals surface area contributed by atoms with E-state index in [9.17, 15) is 0 Å². The van der Waals surface area contributed by atoms with Crippen LogP contribution in [-0.2, 0) is 6.54 Å². The highest BCUT2D eigenvalue weighted by atomic mass is 16.5. The lowest BCUT2D eigenvalue weighted by Gasteiger charge is -2.24. The van der Waals surface area contributed by atoms with Crippen LogP contribution < -0.4 is 4.74 Å². The molecule has 1 fully saturated rings. The fourth-order valence-corrected chi connectivity index (χ4v) is 3.12. The van der Waals surface area contributed by atoms with Crippen molar-refractivity contribution in [1.82, 2.24) is 15.1 Å². The van der Waals surface area contributed by atoms with E-state index in [-0.39, 0.29) is 0 Å². The van der Waals surface area contributed by atoms with E-state index in [2.05, 4.69) is 52.4 Å². The summed E-state index contributed by atoms with van der Waals surface area (Å²) in [5, 5.41) is 8.27. The highest BCUT2D eigenvalue weighted by molar-refractivity contribution is 5.23. The van der Waals surface area contributed by atoms with Crippen molar-refractivity contribution < 1.29 is 4.74 Å². The number of likely N-dealkylation sites (tertiary alicyclic amines) is 1. The zero-order valence-corrected chi connectivity index (χ0v) is 12.6. The lowest BCUT2D eigenvalue weighted by molar-refractivity contribution is 0.247. The molecule has 1 aliphatic rings. The summed E-state index contributed by atoms with van der Waals surface area (Å²) in [7, 11) is 1.61. The highest BCUT2D eigenvalue weighted by Crippen LogP contribution is 2.33. The van der Waals surface area contributed by atoms with Gasteiger partial charge >= 0.3 is 0 Å². The molecule has 0 saturated carbocycles. The van der Waals surface area contributed by atoms with Crippen LogP contribution in [0.5, 0.6) is 5.88 Å². The van der Waals surface area contributed by atoms with Crippen LogP contribution in [-0.4, -0.2) is 34.8 Å². The molecule has 2 atom stereocenters. The summed E-state index contributed by atoms with van der Waals surface area (Å²) >= 11 is 0. The van der Waals surface area contributed by atoms with E-state index in [4.69, 9.17) is 4.74 Å². The average molecular weight is 283 g/mol. The third kappa shape index (κ3) is 3.05. The van der Waals surface area contributed by atoms with Crippen molar-refractivity contribution in [3.05, 3.63) is 53.7 Å². The average Bonchev–Trinajstić information content (AvgIpc) is 2.90. The molecule has 3 rings (SSSR count). The number of hydrogen-bond donors (Lipinski definition) is 0. The predicted octanol–water partition coefficient (Wildman–Crippen LogP) is 2.86. The Bertz CT molecular complexity index is 570. The molecule has 4 nitrogen and oxygen atoms in total. The number of aromatic nitrogens is 2. The summed E-state index contributed by atoms with van der Waals surface area (Å²) in [4.78, 5) is 2.48. The van der Waals surface area contributed by atoms with Crippen molar-refractivity contribution in [1.29, 1.82) is 0 Å². The molecule has 1 aromatic heterocycles. The fourth-order valence-electron chi connectivity index (χ4n) is 3.12. The molecule has 0 spiro atoms. The minimum Gasteiger partial charge on any atom is -0.480 e. The van der Waals surface area contributed by atoms with Gasteiger partial charge in [-0.1, -0.05) is 30.3 Å². The number of rotatable bonds is 4. The lowest BCUT2D eigenvalue weighted by Crippen LogP contribution is -2.29. The lowest BCUT2D eigenvalue weighted by atomic mass is 9.93. The molecule has 0 amide bonds. The third-order valence-electron chi connectivity index (χ3n) is 4.38. The van der Waals surface area contributed by atoms with Crippen LogP contribution in [0.2, 0.25) is 0 Å². The van der Waals surface area contributed by atoms with Crippen LogP contribution in [0.3, 0.4) is 0 Å². The molecule has 21 heavy (non-hydrogen) atoms. The second-order valence-corrected chi connectivity index (χ2v) is 5.58. The van der Waals surface area contributed by atoms with E-state index < -0.39 is 0 Å². The Morgan fingerprint density at radius 2 is 1.95 bits per heavy atom. The Labute approximate surface area is 125 Å². The minimum absolute atomic E-state index is 0.524. The second kappa shape index (κ2) is 6.22. The maximum atomic E-state index is 5.05. The molecule has 110 valence electrons. The van der Waals surface area contributed by atoms with Crippen LogP contribution in [0.15, 0.2) is 42.5 Å². The maximum absolute atomic E-state index is 5.05. The van der Waals surface area contributed by atoms with Gasteiger partial charge in [0.25, 0.3) is 0 Å². The zero-order chi connectivity index (χ0) is 14.7. The van der Waals surface area contributed by atoms with Crippen LogP contribution in [0.4, 0.5) is 0 Å². The number of hydrogen-bond acceptors (Lipinski definition) is 4. The van der Waals surface area contributed by atoms with Crippen LogP contribution >= 0.6 is 0 Å². The highest BCUT2D eigenvalue weighted by Gasteiger charge is 2.31. The molecule has 0 aliphatic carbocycles. The molecular formula is C17H21N3O. The van der Waals surface area contributed by atoms with Crippen molar-refractivity contribution in [2.24, 2.45) is 0 Å². The largest absolute Gasteiger partial charge is 0.480 e. The number of nitrogens with zero attached hydrogens (tertiary/aromatic N) is 3. The summed E-state index contributed by atoms with van der Waals surface area (Å²) in [6.07, 6.45) is 1.20. The van der Waals surface area contributed by atoms with E-state index in [1.807, 2.05) is 12.1 Å². The first-order valence-electron chi connectivity index (χ1n) is 7.43. The van der Waals surface area contributed by atoms with Gasteiger partial charge in [-0.2, -0.15) is 5.10 Å². The summed E-state index contributed by atoms with van der Waals surface area (Å²) < 4.78 is 5.05. The van der Waals surface area contributed by atoms with Gasteiger partial charge in [-0.15, -0.1) is 5.10 Å². The Balaban J connectivity index is 1.67. The van der Waals surface area contributed by atoms with Crippen molar-refractivity contribution in [3.63, 3.8) is 0 Å². The maximum Gasteiger partial charge on any atom is 0.233 e. The molecule has 1 saturated heterocycles. The van der Waals surface area contributed by atoms with Crippen LogP contribution in [0.1, 0.15) is 30.5 Å². The van der Waals surface area contributed by atoms with Crippen LogP contribution in [0, 0.1) is 0 Å². The number of benzene rings is 1. The van der Waals surface area contributed by atoms with Gasteiger partial charge in [0.2, 0.25) is 5.88 Å². The van der Waals surface area contributed by atoms with Crippen molar-refractivity contribution in [2.75, 3.05) is 13.7 Å². The van der Waals surface area contributed by atoms with E-state index in [0.717, 1.165) is 18.8 Å². The quantitative estimate of drug-likeness (QED) is 0.865. The monoisotopic (exact) mass is 283 g/mol. The van der Waals surface area contributed by atoms with E-state index >= 15 is 0 Å². The molecule has 2 heterocycles. The SMILES string of the molecule is COc1ccc(CN2CC[C@@H](c3ccccc3)[C@@H]2C)nn1. The summed E-state index contributed by atoms with van der Waals surface area (Å²) in [6.45, 7) is 4.26. The number of methoxy groups -OCH3 is 1. The topological polar surface area (TPSA) is 38.2 Å².